The number of rotatable bonds is 8. The molecule has 4 nitrogen and oxygen atoms in total. The van der Waals surface area contributed by atoms with Gasteiger partial charge in [0.15, 0.2) is 6.61 Å². The molecule has 0 saturated heterocycles. The Kier molecular flexibility index (Phi) is 7.41. The van der Waals surface area contributed by atoms with Crippen LogP contribution in [0.25, 0.3) is 0 Å². The van der Waals surface area contributed by atoms with E-state index in [2.05, 4.69) is 24.5 Å². The van der Waals surface area contributed by atoms with Gasteiger partial charge >= 0.3 is 0 Å². The Hall–Kier alpha value is -1.26. The zero-order valence-corrected chi connectivity index (χ0v) is 13.1. The number of hydrogen-bond donors (Lipinski definition) is 2. The maximum Gasteiger partial charge on any atom is 0.257 e. The van der Waals surface area contributed by atoms with Crippen molar-refractivity contribution in [1.29, 1.82) is 0 Å². The highest BCUT2D eigenvalue weighted by Gasteiger charge is 2.06. The van der Waals surface area contributed by atoms with Crippen LogP contribution in [0, 0.1) is 5.92 Å². The molecule has 0 unspecified atom stereocenters. The lowest BCUT2D eigenvalue weighted by atomic mass is 10.1. The molecule has 0 radical (unpaired) electrons. The van der Waals surface area contributed by atoms with E-state index in [-0.39, 0.29) is 12.5 Å². The van der Waals surface area contributed by atoms with Crippen molar-refractivity contribution >= 4 is 17.5 Å². The van der Waals surface area contributed by atoms with Crippen LogP contribution in [0.5, 0.6) is 5.75 Å². The van der Waals surface area contributed by atoms with Crippen molar-refractivity contribution < 1.29 is 9.53 Å². The average Bonchev–Trinajstić information content (AvgIpc) is 2.37. The quantitative estimate of drug-likeness (QED) is 0.775. The summed E-state index contributed by atoms with van der Waals surface area (Å²) in [4.78, 5) is 11.6. The van der Waals surface area contributed by atoms with Crippen LogP contribution < -0.4 is 15.4 Å². The predicted octanol–water partition coefficient (Wildman–Crippen LogP) is 2.60. The van der Waals surface area contributed by atoms with E-state index in [0.717, 1.165) is 18.5 Å². The molecule has 112 valence electrons. The molecule has 1 aromatic rings. The minimum Gasteiger partial charge on any atom is -0.482 e. The standard InChI is InChI=1S/C15H23ClN2O2/c1-11(2)6-7-18-15(19)10-20-14-5-4-12(9-17-3)8-13(14)16/h4-5,8,11,17H,6-7,9-10H2,1-3H3,(H,18,19). The number of halogens is 1. The van der Waals surface area contributed by atoms with Gasteiger partial charge in [0.25, 0.3) is 5.91 Å². The number of nitrogens with one attached hydrogen (secondary N) is 2. The van der Waals surface area contributed by atoms with E-state index in [9.17, 15) is 4.79 Å². The minimum atomic E-state index is -0.124. The summed E-state index contributed by atoms with van der Waals surface area (Å²) in [5, 5.41) is 6.39. The van der Waals surface area contributed by atoms with Crippen LogP contribution in [0.1, 0.15) is 25.8 Å². The van der Waals surface area contributed by atoms with Crippen molar-refractivity contribution in [3.8, 4) is 5.75 Å². The average molecular weight is 299 g/mol. The number of ether oxygens (including phenoxy) is 1. The van der Waals surface area contributed by atoms with Crippen LogP contribution in [-0.4, -0.2) is 26.1 Å². The third kappa shape index (κ3) is 6.26. The second kappa shape index (κ2) is 8.82. The van der Waals surface area contributed by atoms with Gasteiger partial charge in [-0.25, -0.2) is 0 Å². The van der Waals surface area contributed by atoms with Gasteiger partial charge in [0.05, 0.1) is 5.02 Å². The third-order valence-corrected chi connectivity index (χ3v) is 3.08. The van der Waals surface area contributed by atoms with Crippen LogP contribution in [0.4, 0.5) is 0 Å². The zero-order valence-electron chi connectivity index (χ0n) is 12.3. The van der Waals surface area contributed by atoms with Crippen LogP contribution in [0.15, 0.2) is 18.2 Å². The summed E-state index contributed by atoms with van der Waals surface area (Å²) in [5.74, 6) is 0.983. The fourth-order valence-corrected chi connectivity index (χ4v) is 1.93. The highest BCUT2D eigenvalue weighted by Crippen LogP contribution is 2.25. The lowest BCUT2D eigenvalue weighted by Gasteiger charge is -2.10. The lowest BCUT2D eigenvalue weighted by Crippen LogP contribution is -2.30. The summed E-state index contributed by atoms with van der Waals surface area (Å²) >= 11 is 6.11. The molecule has 20 heavy (non-hydrogen) atoms. The van der Waals surface area contributed by atoms with Gasteiger partial charge in [-0.05, 0) is 37.1 Å². The Bertz CT molecular complexity index is 436. The number of hydrogen-bond acceptors (Lipinski definition) is 3. The predicted molar refractivity (Wildman–Crippen MR) is 82.2 cm³/mol. The fraction of sp³-hybridized carbons (Fsp3) is 0.533. The normalized spacial score (nSPS) is 10.7. The lowest BCUT2D eigenvalue weighted by molar-refractivity contribution is -0.123. The maximum absolute atomic E-state index is 11.6. The van der Waals surface area contributed by atoms with Gasteiger partial charge < -0.3 is 15.4 Å². The Morgan fingerprint density at radius 1 is 1.40 bits per heavy atom. The largest absolute Gasteiger partial charge is 0.482 e. The van der Waals surface area contributed by atoms with E-state index in [1.165, 1.54) is 0 Å². The van der Waals surface area contributed by atoms with Crippen LogP contribution in [0.2, 0.25) is 5.02 Å². The second-order valence-corrected chi connectivity index (χ2v) is 5.52. The van der Waals surface area contributed by atoms with E-state index < -0.39 is 0 Å². The SMILES string of the molecule is CNCc1ccc(OCC(=O)NCCC(C)C)c(Cl)c1. The first-order valence-corrected chi connectivity index (χ1v) is 7.23. The molecule has 0 bridgehead atoms. The highest BCUT2D eigenvalue weighted by atomic mass is 35.5. The second-order valence-electron chi connectivity index (χ2n) is 5.12. The van der Waals surface area contributed by atoms with Crippen molar-refractivity contribution in [2.24, 2.45) is 5.92 Å². The zero-order chi connectivity index (χ0) is 15.0. The molecule has 1 amide bonds. The molecule has 0 heterocycles. The first-order chi connectivity index (χ1) is 9.52. The van der Waals surface area contributed by atoms with Crippen molar-refractivity contribution in [2.75, 3.05) is 20.2 Å². The molecule has 5 heteroatoms. The highest BCUT2D eigenvalue weighted by molar-refractivity contribution is 6.32. The summed E-state index contributed by atoms with van der Waals surface area (Å²) in [7, 11) is 1.87. The summed E-state index contributed by atoms with van der Waals surface area (Å²) in [6.07, 6.45) is 0.964. The number of carbonyl (C=O) groups is 1. The molecule has 1 aromatic carbocycles. The molecule has 0 aromatic heterocycles. The van der Waals surface area contributed by atoms with Gasteiger partial charge in [0.2, 0.25) is 0 Å². The molecule has 0 aliphatic carbocycles. The summed E-state index contributed by atoms with van der Waals surface area (Å²) < 4.78 is 5.42. The summed E-state index contributed by atoms with van der Waals surface area (Å²) in [5.41, 5.74) is 1.08. The molecule has 0 fully saturated rings. The van der Waals surface area contributed by atoms with Crippen molar-refractivity contribution in [2.45, 2.75) is 26.8 Å². The molecule has 1 rings (SSSR count). The Morgan fingerprint density at radius 3 is 2.75 bits per heavy atom. The molecule has 0 aliphatic heterocycles. The van der Waals surface area contributed by atoms with E-state index in [0.29, 0.717) is 23.2 Å². The van der Waals surface area contributed by atoms with Gasteiger partial charge in [-0.1, -0.05) is 31.5 Å². The number of amides is 1. The van der Waals surface area contributed by atoms with Gasteiger partial charge in [-0.3, -0.25) is 4.79 Å². The monoisotopic (exact) mass is 298 g/mol. The van der Waals surface area contributed by atoms with E-state index in [1.54, 1.807) is 6.07 Å². The molecule has 2 N–H and O–H groups in total. The Labute approximate surface area is 125 Å². The Balaban J connectivity index is 2.39. The molecule has 0 aliphatic rings. The van der Waals surface area contributed by atoms with Crippen molar-refractivity contribution in [3.05, 3.63) is 28.8 Å². The van der Waals surface area contributed by atoms with Gasteiger partial charge in [0, 0.05) is 13.1 Å². The van der Waals surface area contributed by atoms with Gasteiger partial charge in [-0.2, -0.15) is 0 Å². The fourth-order valence-electron chi connectivity index (χ4n) is 1.67. The summed E-state index contributed by atoms with van der Waals surface area (Å²) in [6, 6.07) is 5.55. The first-order valence-electron chi connectivity index (χ1n) is 6.85. The van der Waals surface area contributed by atoms with Gasteiger partial charge in [-0.15, -0.1) is 0 Å². The molecular weight excluding hydrogens is 276 g/mol. The van der Waals surface area contributed by atoms with Crippen molar-refractivity contribution in [3.63, 3.8) is 0 Å². The van der Waals surface area contributed by atoms with E-state index in [4.69, 9.17) is 16.3 Å². The van der Waals surface area contributed by atoms with Crippen LogP contribution in [-0.2, 0) is 11.3 Å². The summed E-state index contributed by atoms with van der Waals surface area (Å²) in [6.45, 7) is 5.65. The minimum absolute atomic E-state index is 0.0107. The van der Waals surface area contributed by atoms with E-state index in [1.807, 2.05) is 19.2 Å². The number of benzene rings is 1. The molecule has 0 atom stereocenters. The molecule has 0 spiro atoms. The van der Waals surface area contributed by atoms with Crippen LogP contribution in [0.3, 0.4) is 0 Å². The maximum atomic E-state index is 11.6. The van der Waals surface area contributed by atoms with Crippen LogP contribution >= 0.6 is 11.6 Å². The smallest absolute Gasteiger partial charge is 0.257 e. The van der Waals surface area contributed by atoms with Crippen molar-refractivity contribution in [1.82, 2.24) is 10.6 Å². The Morgan fingerprint density at radius 2 is 2.15 bits per heavy atom. The third-order valence-electron chi connectivity index (χ3n) is 2.78. The number of carbonyl (C=O) groups excluding carboxylic acids is 1. The van der Waals surface area contributed by atoms with E-state index >= 15 is 0 Å². The topological polar surface area (TPSA) is 50.4 Å². The molecule has 0 saturated carbocycles. The molecular formula is C15H23ClN2O2. The van der Waals surface area contributed by atoms with Gasteiger partial charge in [0.1, 0.15) is 5.75 Å². The first kappa shape index (κ1) is 16.8.